The van der Waals surface area contributed by atoms with Gasteiger partial charge in [0.05, 0.1) is 0 Å². The average molecular weight is 429 g/mol. The second-order valence-electron chi connectivity index (χ2n) is 11.5. The predicted molar refractivity (Wildman–Crippen MR) is 131 cm³/mol. The number of aliphatic hydroxyl groups is 1. The summed E-state index contributed by atoms with van der Waals surface area (Å²) >= 11 is 0. The minimum Gasteiger partial charge on any atom is -0.396 e. The smallest absolute Gasteiger partial charge is 0.155 e. The van der Waals surface area contributed by atoms with Gasteiger partial charge in [-0.2, -0.15) is 0 Å². The Balaban J connectivity index is 0.000000504. The van der Waals surface area contributed by atoms with Crippen molar-refractivity contribution < 1.29 is 9.90 Å². The molecular formula is C29H48O2. The molecule has 2 heteroatoms. The Morgan fingerprint density at radius 2 is 1.77 bits per heavy atom. The van der Waals surface area contributed by atoms with Crippen LogP contribution in [0.3, 0.4) is 0 Å². The van der Waals surface area contributed by atoms with Crippen LogP contribution in [0, 0.1) is 45.8 Å². The van der Waals surface area contributed by atoms with Crippen LogP contribution in [0.4, 0.5) is 0 Å². The van der Waals surface area contributed by atoms with Gasteiger partial charge in [-0.3, -0.25) is 4.79 Å². The van der Waals surface area contributed by atoms with Gasteiger partial charge in [-0.15, -0.1) is 6.58 Å². The Morgan fingerprint density at radius 1 is 1.06 bits per heavy atom. The van der Waals surface area contributed by atoms with Gasteiger partial charge in [0, 0.05) is 13.0 Å². The first-order chi connectivity index (χ1) is 14.8. The monoisotopic (exact) mass is 428 g/mol. The lowest BCUT2D eigenvalue weighted by molar-refractivity contribution is -0.161. The van der Waals surface area contributed by atoms with Crippen molar-refractivity contribution >= 4 is 5.78 Å². The largest absolute Gasteiger partial charge is 0.396 e. The number of hydrogen-bond acceptors (Lipinski definition) is 2. The second-order valence-corrected chi connectivity index (χ2v) is 11.5. The molecule has 0 radical (unpaired) electrons. The summed E-state index contributed by atoms with van der Waals surface area (Å²) in [5, 5.41) is 10.2. The zero-order chi connectivity index (χ0) is 22.9. The van der Waals surface area contributed by atoms with E-state index < -0.39 is 0 Å². The second kappa shape index (κ2) is 9.54. The van der Waals surface area contributed by atoms with Crippen LogP contribution < -0.4 is 0 Å². The third kappa shape index (κ3) is 3.90. The molecule has 0 amide bonds. The van der Waals surface area contributed by atoms with Crippen molar-refractivity contribution in [2.75, 3.05) is 6.61 Å². The van der Waals surface area contributed by atoms with Crippen molar-refractivity contribution in [1.29, 1.82) is 0 Å². The fourth-order valence-electron chi connectivity index (χ4n) is 9.14. The fourth-order valence-corrected chi connectivity index (χ4v) is 9.14. The first-order valence-electron chi connectivity index (χ1n) is 13.2. The number of aliphatic hydroxyl groups excluding tert-OH is 1. The number of rotatable bonds is 1. The van der Waals surface area contributed by atoms with Crippen LogP contribution in [-0.4, -0.2) is 17.5 Å². The molecule has 8 unspecified atom stereocenters. The summed E-state index contributed by atoms with van der Waals surface area (Å²) in [5.41, 5.74) is 0.929. The Hall–Kier alpha value is -0.890. The third-order valence-electron chi connectivity index (χ3n) is 10.4. The molecule has 0 aromatic carbocycles. The third-order valence-corrected chi connectivity index (χ3v) is 10.4. The Bertz CT molecular complexity index is 680. The van der Waals surface area contributed by atoms with Gasteiger partial charge >= 0.3 is 0 Å². The molecule has 0 aromatic rings. The Morgan fingerprint density at radius 3 is 2.45 bits per heavy atom. The number of hydrogen-bond donors (Lipinski definition) is 1. The average Bonchev–Trinajstić information content (AvgIpc) is 3.21. The van der Waals surface area contributed by atoms with E-state index in [4.69, 9.17) is 0 Å². The van der Waals surface area contributed by atoms with E-state index in [0.717, 1.165) is 30.1 Å². The Labute approximate surface area is 192 Å². The van der Waals surface area contributed by atoms with Gasteiger partial charge in [-0.05, 0) is 110 Å². The van der Waals surface area contributed by atoms with Crippen molar-refractivity contribution in [2.24, 2.45) is 45.8 Å². The predicted octanol–water partition coefficient (Wildman–Crippen LogP) is 7.37. The van der Waals surface area contributed by atoms with Crippen molar-refractivity contribution in [3.05, 3.63) is 24.8 Å². The van der Waals surface area contributed by atoms with Crippen LogP contribution in [0.15, 0.2) is 24.8 Å². The van der Waals surface area contributed by atoms with Crippen LogP contribution >= 0.6 is 0 Å². The molecule has 0 heterocycles. The summed E-state index contributed by atoms with van der Waals surface area (Å²) in [7, 11) is 0. The molecule has 4 saturated carbocycles. The van der Waals surface area contributed by atoms with Crippen LogP contribution in [0.25, 0.3) is 0 Å². The van der Waals surface area contributed by atoms with Crippen LogP contribution in [0.1, 0.15) is 98.8 Å². The van der Waals surface area contributed by atoms with Gasteiger partial charge in [-0.25, -0.2) is 0 Å². The zero-order valence-electron chi connectivity index (χ0n) is 21.0. The lowest BCUT2D eigenvalue weighted by Gasteiger charge is -2.65. The van der Waals surface area contributed by atoms with E-state index in [1.807, 2.05) is 26.8 Å². The van der Waals surface area contributed by atoms with Crippen molar-refractivity contribution in [3.8, 4) is 0 Å². The van der Waals surface area contributed by atoms with Crippen LogP contribution in [-0.2, 0) is 4.79 Å². The number of ketones is 1. The number of carbonyl (C=O) groups excluding carboxylic acids is 1. The molecule has 5 aliphatic rings. The molecule has 0 aliphatic heterocycles. The summed E-state index contributed by atoms with van der Waals surface area (Å²) < 4.78 is 0. The number of fused-ring (bicyclic) bond motifs is 7. The van der Waals surface area contributed by atoms with E-state index in [9.17, 15) is 9.90 Å². The topological polar surface area (TPSA) is 37.3 Å². The number of carbonyl (C=O) groups is 1. The molecule has 0 bridgehead atoms. The zero-order valence-corrected chi connectivity index (χ0v) is 21.0. The minimum atomic E-state index is 0.229. The summed E-state index contributed by atoms with van der Waals surface area (Å²) in [5.74, 6) is 4.12. The molecule has 5 aliphatic carbocycles. The molecule has 1 N–H and O–H groups in total. The SMILES string of the molecule is C=CC.CC.CC12C=CC(=O)CC1CCC1(C)C3CCC4(CO)CCCC4C3CCC21. The van der Waals surface area contributed by atoms with Crippen molar-refractivity contribution in [2.45, 2.75) is 98.8 Å². The molecule has 2 nitrogen and oxygen atoms in total. The molecule has 176 valence electrons. The summed E-state index contributed by atoms with van der Waals surface area (Å²) in [6, 6.07) is 0. The highest BCUT2D eigenvalue weighted by Crippen LogP contribution is 2.70. The summed E-state index contributed by atoms with van der Waals surface area (Å²) in [4.78, 5) is 12.0. The minimum absolute atomic E-state index is 0.229. The highest BCUT2D eigenvalue weighted by molar-refractivity contribution is 5.91. The molecule has 0 saturated heterocycles. The van der Waals surface area contributed by atoms with Crippen LogP contribution in [0.2, 0.25) is 0 Å². The summed E-state index contributed by atoms with van der Waals surface area (Å²) in [6.45, 7) is 14.8. The van der Waals surface area contributed by atoms with Gasteiger partial charge in [0.2, 0.25) is 0 Å². The first kappa shape index (κ1) is 24.7. The first-order valence-corrected chi connectivity index (χ1v) is 13.2. The van der Waals surface area contributed by atoms with E-state index in [1.165, 1.54) is 57.8 Å². The van der Waals surface area contributed by atoms with E-state index in [2.05, 4.69) is 26.5 Å². The maximum absolute atomic E-state index is 12.0. The Kier molecular flexibility index (Phi) is 7.61. The van der Waals surface area contributed by atoms with Crippen molar-refractivity contribution in [1.82, 2.24) is 0 Å². The van der Waals surface area contributed by atoms with E-state index in [0.29, 0.717) is 23.7 Å². The van der Waals surface area contributed by atoms with Gasteiger partial charge in [0.1, 0.15) is 0 Å². The number of allylic oxidation sites excluding steroid dienone is 3. The van der Waals surface area contributed by atoms with Gasteiger partial charge in [-0.1, -0.05) is 46.3 Å². The van der Waals surface area contributed by atoms with Gasteiger partial charge in [0.15, 0.2) is 5.78 Å². The lowest BCUT2D eigenvalue weighted by atomic mass is 9.39. The standard InChI is InChI=1S/C24H36O2.C3H6.C2H6/c1-22-12-8-17(26)14-16(22)7-11-23(2)19-9-13-24(15-25)10-3-4-20(24)18(19)5-6-21(22)23;1-3-2;1-2/h8,12,16,18-21,25H,3-7,9-11,13-15H2,1-2H3;3H,1H2,2H3;1-2H3. The maximum atomic E-state index is 12.0. The fraction of sp³-hybridized carbons (Fsp3) is 0.828. The molecule has 0 aromatic heterocycles. The van der Waals surface area contributed by atoms with E-state index in [-0.39, 0.29) is 10.8 Å². The quantitative estimate of drug-likeness (QED) is 0.443. The normalized spacial score (nSPS) is 47.3. The molecule has 4 fully saturated rings. The maximum Gasteiger partial charge on any atom is 0.155 e. The molecule has 0 spiro atoms. The molecule has 31 heavy (non-hydrogen) atoms. The van der Waals surface area contributed by atoms with Gasteiger partial charge in [0.25, 0.3) is 0 Å². The van der Waals surface area contributed by atoms with Gasteiger partial charge < -0.3 is 5.11 Å². The van der Waals surface area contributed by atoms with Crippen LogP contribution in [0.5, 0.6) is 0 Å². The molecule has 5 rings (SSSR count). The van der Waals surface area contributed by atoms with E-state index in [1.54, 1.807) is 6.08 Å². The molecular weight excluding hydrogens is 380 g/mol. The highest BCUT2D eigenvalue weighted by atomic mass is 16.3. The van der Waals surface area contributed by atoms with Crippen molar-refractivity contribution in [3.63, 3.8) is 0 Å². The highest BCUT2D eigenvalue weighted by Gasteiger charge is 2.63. The summed E-state index contributed by atoms with van der Waals surface area (Å²) in [6.07, 6.45) is 18.6. The van der Waals surface area contributed by atoms with E-state index >= 15 is 0 Å². The molecule has 8 atom stereocenters. The lowest BCUT2D eigenvalue weighted by Crippen LogP contribution is -2.59.